The molecule has 1 aliphatic heterocycles. The normalized spacial score (nSPS) is 27.2. The Labute approximate surface area is 144 Å². The number of aliphatic hydroxyl groups excluding tert-OH is 2. The maximum absolute atomic E-state index is 10.7. The molecule has 0 radical (unpaired) electrons. The van der Waals surface area contributed by atoms with Gasteiger partial charge < -0.3 is 30.5 Å². The van der Waals surface area contributed by atoms with Crippen LogP contribution in [0.3, 0.4) is 0 Å². The molecule has 3 rings (SSSR count). The number of nitrogens with zero attached hydrogens (tertiary/aromatic N) is 3. The van der Waals surface area contributed by atoms with E-state index in [0.717, 1.165) is 0 Å². The summed E-state index contributed by atoms with van der Waals surface area (Å²) in [6.07, 6.45) is -2.45. The molecular formula is C12H20N4O7P2. The Morgan fingerprint density at radius 2 is 1.96 bits per heavy atom. The van der Waals surface area contributed by atoms with Gasteiger partial charge in [0.15, 0.2) is 5.82 Å². The first-order valence-electron chi connectivity index (χ1n) is 7.42. The average Bonchev–Trinajstić information content (AvgIpc) is 3.11. The minimum Gasteiger partial charge on any atom is -0.387 e. The van der Waals surface area contributed by atoms with Crippen LogP contribution in [0.15, 0.2) is 12.3 Å². The Hall–Kier alpha value is -1.16. The van der Waals surface area contributed by atoms with E-state index in [9.17, 15) is 14.8 Å². The minimum atomic E-state index is -4.70. The fourth-order valence-electron chi connectivity index (χ4n) is 2.32. The molecule has 0 bridgehead atoms. The van der Waals surface area contributed by atoms with Gasteiger partial charge >= 0.3 is 7.82 Å². The van der Waals surface area contributed by atoms with Crippen molar-refractivity contribution in [2.24, 2.45) is 0 Å². The van der Waals surface area contributed by atoms with E-state index in [4.69, 9.17) is 20.3 Å². The average molecular weight is 394 g/mol. The van der Waals surface area contributed by atoms with E-state index in [0.29, 0.717) is 10.8 Å². The van der Waals surface area contributed by atoms with Crippen LogP contribution in [0.25, 0.3) is 10.8 Å². The van der Waals surface area contributed by atoms with Crippen molar-refractivity contribution in [1.29, 1.82) is 0 Å². The van der Waals surface area contributed by atoms with Gasteiger partial charge in [-0.2, -0.15) is 0 Å². The molecule has 0 amide bonds. The third kappa shape index (κ3) is 4.33. The number of anilines is 1. The minimum absolute atomic E-state index is 0.200. The largest absolute Gasteiger partial charge is 0.469 e. The highest BCUT2D eigenvalue weighted by Gasteiger charge is 2.45. The number of nitrogens with two attached hydrogens (primary N) is 1. The fourth-order valence-corrected chi connectivity index (χ4v) is 4.78. The number of hydrogen-bond donors (Lipinski definition) is 5. The van der Waals surface area contributed by atoms with E-state index in [1.54, 1.807) is 0 Å². The lowest BCUT2D eigenvalue weighted by molar-refractivity contribution is -0.0123. The predicted molar refractivity (Wildman–Crippen MR) is 89.7 cm³/mol. The summed E-state index contributed by atoms with van der Waals surface area (Å²) in [5.74, 6) is 0.896. The number of aromatic nitrogens is 3. The summed E-state index contributed by atoms with van der Waals surface area (Å²) in [4.78, 5) is 29.5. The fraction of sp³-hybridized carbons (Fsp3) is 0.583. The first-order chi connectivity index (χ1) is 11.8. The summed E-state index contributed by atoms with van der Waals surface area (Å²) in [5.41, 5.74) is 6.11. The molecule has 140 valence electrons. The molecule has 25 heavy (non-hydrogen) atoms. The summed E-state index contributed by atoms with van der Waals surface area (Å²) in [6.45, 7) is 3.44. The summed E-state index contributed by atoms with van der Waals surface area (Å²) in [6, 6.07) is 0. The maximum Gasteiger partial charge on any atom is 0.469 e. The Bertz CT molecular complexity index is 767. The molecule has 1 saturated heterocycles. The van der Waals surface area contributed by atoms with E-state index in [2.05, 4.69) is 19.5 Å². The van der Waals surface area contributed by atoms with Crippen LogP contribution in [0.4, 0.5) is 5.82 Å². The highest BCUT2D eigenvalue weighted by molar-refractivity contribution is 7.54. The molecule has 1 aliphatic rings. The van der Waals surface area contributed by atoms with E-state index in [-0.39, 0.29) is 5.82 Å². The molecule has 2 aromatic heterocycles. The molecule has 13 heteroatoms. The number of rotatable bonds is 4. The molecule has 3 heterocycles. The van der Waals surface area contributed by atoms with Gasteiger partial charge in [0.25, 0.3) is 0 Å². The molecule has 5 atom stereocenters. The molecule has 2 aromatic rings. The van der Waals surface area contributed by atoms with Crippen LogP contribution in [0.1, 0.15) is 19.7 Å². The quantitative estimate of drug-likeness (QED) is 0.451. The molecule has 0 aliphatic carbocycles. The zero-order chi connectivity index (χ0) is 18.8. The van der Waals surface area contributed by atoms with Crippen LogP contribution in [0, 0.1) is 0 Å². The van der Waals surface area contributed by atoms with Crippen molar-refractivity contribution in [1.82, 2.24) is 15.0 Å². The van der Waals surface area contributed by atoms with Gasteiger partial charge in [-0.3, -0.25) is 4.52 Å². The van der Waals surface area contributed by atoms with Crippen LogP contribution in [0.2, 0.25) is 0 Å². The zero-order valence-electron chi connectivity index (χ0n) is 13.5. The van der Waals surface area contributed by atoms with Gasteiger partial charge in [-0.15, -0.1) is 0 Å². The van der Waals surface area contributed by atoms with Crippen molar-refractivity contribution >= 4 is 31.9 Å². The van der Waals surface area contributed by atoms with Gasteiger partial charge in [0.1, 0.15) is 41.2 Å². The van der Waals surface area contributed by atoms with E-state index >= 15 is 0 Å². The van der Waals surface area contributed by atoms with Gasteiger partial charge in [-0.1, -0.05) is 13.8 Å². The first-order valence-corrected chi connectivity index (χ1v) is 10.4. The second kappa shape index (κ2) is 8.03. The molecule has 0 aromatic carbocycles. The Balaban J connectivity index is 0.00000109. The summed E-state index contributed by atoms with van der Waals surface area (Å²) < 4.78 is 20.6. The van der Waals surface area contributed by atoms with Crippen LogP contribution in [-0.4, -0.2) is 59.9 Å². The maximum atomic E-state index is 10.7. The molecule has 0 saturated carbocycles. The van der Waals surface area contributed by atoms with Crippen LogP contribution in [0.5, 0.6) is 0 Å². The number of nitrogen functional groups attached to an aromatic ring is 1. The number of aliphatic hydroxyl groups is 2. The molecule has 0 spiro atoms. The van der Waals surface area contributed by atoms with Crippen LogP contribution in [-0.2, 0) is 13.8 Å². The summed E-state index contributed by atoms with van der Waals surface area (Å²) >= 11 is 0. The lowest BCUT2D eigenvalue weighted by Gasteiger charge is -2.14. The number of hydrogen-bond acceptors (Lipinski definition) is 9. The number of ether oxygens (including phenoxy) is 1. The monoisotopic (exact) mass is 394 g/mol. The Kier molecular flexibility index (Phi) is 6.47. The lowest BCUT2D eigenvalue weighted by atomic mass is 10.2. The lowest BCUT2D eigenvalue weighted by Crippen LogP contribution is -2.32. The number of phosphoric acid groups is 1. The smallest absolute Gasteiger partial charge is 0.387 e. The van der Waals surface area contributed by atoms with Gasteiger partial charge in [0.05, 0.1) is 12.5 Å². The third-order valence-electron chi connectivity index (χ3n) is 3.41. The highest BCUT2D eigenvalue weighted by Crippen LogP contribution is 2.52. The summed E-state index contributed by atoms with van der Waals surface area (Å²) in [5, 5.41) is 20.7. The Morgan fingerprint density at radius 3 is 2.60 bits per heavy atom. The Morgan fingerprint density at radius 1 is 1.28 bits per heavy atom. The van der Waals surface area contributed by atoms with Crippen molar-refractivity contribution in [3.05, 3.63) is 12.3 Å². The number of fused-ring (bicyclic) bond motifs is 1. The van der Waals surface area contributed by atoms with Gasteiger partial charge in [0.2, 0.25) is 0 Å². The van der Waals surface area contributed by atoms with Crippen molar-refractivity contribution in [2.45, 2.75) is 38.0 Å². The van der Waals surface area contributed by atoms with E-state index < -0.39 is 46.1 Å². The van der Waals surface area contributed by atoms with Crippen LogP contribution >= 0.6 is 15.4 Å². The predicted octanol–water partition coefficient (Wildman–Crippen LogP) is 0.348. The SMILES string of the molecule is CC.Nc1ncnc2c1ncp2C1OC(COP(=O)(O)O)C(O)C1O. The van der Waals surface area contributed by atoms with Crippen molar-refractivity contribution < 1.29 is 33.8 Å². The molecular weight excluding hydrogens is 374 g/mol. The molecule has 5 unspecified atom stereocenters. The summed E-state index contributed by atoms with van der Waals surface area (Å²) in [7, 11) is -6.01. The van der Waals surface area contributed by atoms with E-state index in [1.165, 1.54) is 12.3 Å². The standard InChI is InChI=1S/C10H14N4O7P2.C2H6/c11-8-5-9(13-2-12-8)22(3-14-5)10-7(16)6(15)4(21-10)1-20-23(17,18)19;1-2/h2-4,6-7,10,15-16H,1H2,(H2,11,12,13)(H2,17,18,19);1-2H3. The second-order valence-corrected chi connectivity index (χ2v) is 8.13. The van der Waals surface area contributed by atoms with Gasteiger partial charge in [-0.25, -0.2) is 19.5 Å². The second-order valence-electron chi connectivity index (χ2n) is 4.92. The van der Waals surface area contributed by atoms with Crippen molar-refractivity contribution in [2.75, 3.05) is 12.3 Å². The first kappa shape index (κ1) is 20.2. The third-order valence-corrected chi connectivity index (χ3v) is 6.05. The van der Waals surface area contributed by atoms with Gasteiger partial charge in [-0.05, 0) is 7.53 Å². The molecule has 1 fully saturated rings. The number of phosphoric ester groups is 1. The molecule has 6 N–H and O–H groups in total. The van der Waals surface area contributed by atoms with Crippen molar-refractivity contribution in [3.8, 4) is 0 Å². The van der Waals surface area contributed by atoms with Crippen molar-refractivity contribution in [3.63, 3.8) is 0 Å². The highest BCUT2D eigenvalue weighted by atomic mass is 31.2. The zero-order valence-corrected chi connectivity index (χ0v) is 15.3. The topological polar surface area (TPSA) is 181 Å². The van der Waals surface area contributed by atoms with Crippen LogP contribution < -0.4 is 5.73 Å². The van der Waals surface area contributed by atoms with E-state index in [1.807, 2.05) is 13.8 Å². The molecule has 11 nitrogen and oxygen atoms in total. The van der Waals surface area contributed by atoms with Gasteiger partial charge in [0, 0.05) is 0 Å².